The largest absolute Gasteiger partial charge is 0.496 e. The lowest BCUT2D eigenvalue weighted by Crippen LogP contribution is -2.49. The van der Waals surface area contributed by atoms with Crippen LogP contribution in [0.3, 0.4) is 0 Å². The summed E-state index contributed by atoms with van der Waals surface area (Å²) in [6, 6.07) is 11.7. The van der Waals surface area contributed by atoms with Crippen molar-refractivity contribution >= 4 is 10.0 Å². The average molecular weight is 392 g/mol. The van der Waals surface area contributed by atoms with Crippen molar-refractivity contribution < 1.29 is 17.5 Å². The van der Waals surface area contributed by atoms with Gasteiger partial charge in [-0.3, -0.25) is 0 Å². The van der Waals surface area contributed by atoms with Crippen molar-refractivity contribution in [3.8, 4) is 5.75 Å². The maximum absolute atomic E-state index is 13.7. The molecule has 0 saturated carbocycles. The fraction of sp³-hybridized carbons (Fsp3) is 0.400. The lowest BCUT2D eigenvalue weighted by molar-refractivity contribution is 0.190. The van der Waals surface area contributed by atoms with Gasteiger partial charge < -0.3 is 9.64 Å². The number of halogens is 1. The van der Waals surface area contributed by atoms with Gasteiger partial charge in [0.05, 0.1) is 12.0 Å². The Labute approximate surface area is 160 Å². The number of ether oxygens (including phenoxy) is 1. The Hall–Kier alpha value is -1.96. The second kappa shape index (κ2) is 8.37. The van der Waals surface area contributed by atoms with Crippen molar-refractivity contribution in [1.29, 1.82) is 0 Å². The Bertz CT molecular complexity index is 894. The van der Waals surface area contributed by atoms with Crippen LogP contribution in [0.1, 0.15) is 11.1 Å². The molecule has 2 aromatic rings. The number of rotatable bonds is 6. The van der Waals surface area contributed by atoms with Crippen LogP contribution in [-0.2, 0) is 16.4 Å². The molecule has 0 atom stereocenters. The zero-order chi connectivity index (χ0) is 19.4. The molecular weight excluding hydrogens is 367 g/mol. The van der Waals surface area contributed by atoms with E-state index in [0.29, 0.717) is 48.8 Å². The number of nitrogens with zero attached hydrogens (tertiary/aromatic N) is 2. The average Bonchev–Trinajstić information content (AvgIpc) is 2.67. The Kier molecular flexibility index (Phi) is 6.14. The van der Waals surface area contributed by atoms with Crippen LogP contribution in [0, 0.1) is 12.7 Å². The van der Waals surface area contributed by atoms with Crippen LogP contribution in [0.15, 0.2) is 47.4 Å². The highest BCUT2D eigenvalue weighted by molar-refractivity contribution is 7.89. The van der Waals surface area contributed by atoms with Crippen molar-refractivity contribution in [2.24, 2.45) is 0 Å². The Morgan fingerprint density at radius 3 is 2.41 bits per heavy atom. The molecule has 2 aromatic carbocycles. The summed E-state index contributed by atoms with van der Waals surface area (Å²) in [6.07, 6.45) is 0.622. The molecule has 0 aliphatic carbocycles. The maximum atomic E-state index is 13.7. The summed E-state index contributed by atoms with van der Waals surface area (Å²) in [5.74, 6) is 0.487. The summed E-state index contributed by atoms with van der Waals surface area (Å²) in [5, 5.41) is 0. The molecule has 1 fully saturated rings. The van der Waals surface area contributed by atoms with E-state index in [2.05, 4.69) is 4.90 Å². The first-order valence-electron chi connectivity index (χ1n) is 9.02. The Morgan fingerprint density at radius 2 is 1.78 bits per heavy atom. The number of benzene rings is 2. The molecule has 0 radical (unpaired) electrons. The lowest BCUT2D eigenvalue weighted by atomic mass is 10.1. The van der Waals surface area contributed by atoms with E-state index in [-0.39, 0.29) is 5.82 Å². The van der Waals surface area contributed by atoms with Crippen molar-refractivity contribution in [3.05, 3.63) is 59.4 Å². The predicted octanol–water partition coefficient (Wildman–Crippen LogP) is 2.69. The number of piperazine rings is 1. The zero-order valence-corrected chi connectivity index (χ0v) is 16.5. The van der Waals surface area contributed by atoms with Crippen molar-refractivity contribution in [2.45, 2.75) is 18.2 Å². The van der Waals surface area contributed by atoms with E-state index in [9.17, 15) is 12.8 Å². The first kappa shape index (κ1) is 19.8. The summed E-state index contributed by atoms with van der Waals surface area (Å²) in [7, 11) is -1.95. The minimum atomic E-state index is -3.52. The predicted molar refractivity (Wildman–Crippen MR) is 103 cm³/mol. The molecule has 146 valence electrons. The molecular formula is C20H25FN2O3S. The number of hydrogen-bond donors (Lipinski definition) is 0. The molecule has 7 heteroatoms. The van der Waals surface area contributed by atoms with Crippen molar-refractivity contribution in [3.63, 3.8) is 0 Å². The van der Waals surface area contributed by atoms with Crippen LogP contribution in [0.25, 0.3) is 0 Å². The molecule has 0 N–H and O–H groups in total. The summed E-state index contributed by atoms with van der Waals surface area (Å²) in [5.41, 5.74) is 1.49. The van der Waals surface area contributed by atoms with E-state index in [0.717, 1.165) is 12.1 Å². The maximum Gasteiger partial charge on any atom is 0.243 e. The minimum absolute atomic E-state index is 0.186. The monoisotopic (exact) mass is 392 g/mol. The quantitative estimate of drug-likeness (QED) is 0.759. The van der Waals surface area contributed by atoms with Crippen LogP contribution in [-0.4, -0.2) is 57.5 Å². The molecule has 1 aliphatic heterocycles. The molecule has 0 spiro atoms. The normalized spacial score (nSPS) is 16.4. The second-order valence-electron chi connectivity index (χ2n) is 6.72. The topological polar surface area (TPSA) is 49.9 Å². The lowest BCUT2D eigenvalue weighted by Gasteiger charge is -2.34. The third-order valence-electron chi connectivity index (χ3n) is 4.99. The summed E-state index contributed by atoms with van der Waals surface area (Å²) in [4.78, 5) is 2.47. The van der Waals surface area contributed by atoms with Gasteiger partial charge in [0.15, 0.2) is 0 Å². The number of hydrogen-bond acceptors (Lipinski definition) is 4. The molecule has 1 aliphatic rings. The SMILES string of the molecule is COc1ccc(S(=O)(=O)N2CCN(CCc3ccccc3F)CC2)cc1C. The van der Waals surface area contributed by atoms with Gasteiger partial charge >= 0.3 is 0 Å². The number of aryl methyl sites for hydroxylation is 1. The molecule has 0 unspecified atom stereocenters. The number of sulfonamides is 1. The molecule has 5 nitrogen and oxygen atoms in total. The fourth-order valence-corrected chi connectivity index (χ4v) is 4.84. The molecule has 0 amide bonds. The van der Waals surface area contributed by atoms with E-state index >= 15 is 0 Å². The molecule has 0 bridgehead atoms. The molecule has 3 rings (SSSR count). The molecule has 1 heterocycles. The van der Waals surface area contributed by atoms with Gasteiger partial charge in [-0.1, -0.05) is 18.2 Å². The summed E-state index contributed by atoms with van der Waals surface area (Å²) < 4.78 is 46.2. The molecule has 0 aromatic heterocycles. The van der Waals surface area contributed by atoms with Crippen LogP contribution in [0.5, 0.6) is 5.75 Å². The van der Waals surface area contributed by atoms with Gasteiger partial charge in [-0.15, -0.1) is 0 Å². The van der Waals surface area contributed by atoms with Gasteiger partial charge in [-0.05, 0) is 48.7 Å². The first-order chi connectivity index (χ1) is 12.9. The standard InChI is InChI=1S/C20H25FN2O3S/c1-16-15-18(7-8-20(16)26-2)27(24,25)23-13-11-22(12-14-23)10-9-17-5-3-4-6-19(17)21/h3-8,15H,9-14H2,1-2H3. The molecule has 27 heavy (non-hydrogen) atoms. The number of methoxy groups -OCH3 is 1. The summed E-state index contributed by atoms with van der Waals surface area (Å²) in [6.45, 7) is 4.70. The van der Waals surface area contributed by atoms with E-state index in [1.54, 1.807) is 37.4 Å². The van der Waals surface area contributed by atoms with E-state index in [1.807, 2.05) is 13.0 Å². The van der Waals surface area contributed by atoms with Crippen LogP contribution in [0.4, 0.5) is 4.39 Å². The Morgan fingerprint density at radius 1 is 1.07 bits per heavy atom. The Balaban J connectivity index is 1.59. The zero-order valence-electron chi connectivity index (χ0n) is 15.7. The fourth-order valence-electron chi connectivity index (χ4n) is 3.33. The highest BCUT2D eigenvalue weighted by Gasteiger charge is 2.28. The van der Waals surface area contributed by atoms with E-state index in [1.165, 1.54) is 10.4 Å². The van der Waals surface area contributed by atoms with Crippen LogP contribution >= 0.6 is 0 Å². The van der Waals surface area contributed by atoms with Crippen LogP contribution in [0.2, 0.25) is 0 Å². The van der Waals surface area contributed by atoms with E-state index < -0.39 is 10.0 Å². The first-order valence-corrected chi connectivity index (χ1v) is 10.5. The van der Waals surface area contributed by atoms with E-state index in [4.69, 9.17) is 4.74 Å². The van der Waals surface area contributed by atoms with Gasteiger partial charge in [-0.2, -0.15) is 4.31 Å². The second-order valence-corrected chi connectivity index (χ2v) is 8.66. The van der Waals surface area contributed by atoms with Gasteiger partial charge in [-0.25, -0.2) is 12.8 Å². The van der Waals surface area contributed by atoms with Crippen molar-refractivity contribution in [2.75, 3.05) is 39.8 Å². The van der Waals surface area contributed by atoms with Crippen molar-refractivity contribution in [1.82, 2.24) is 9.21 Å². The highest BCUT2D eigenvalue weighted by atomic mass is 32.2. The summed E-state index contributed by atoms with van der Waals surface area (Å²) >= 11 is 0. The molecule has 1 saturated heterocycles. The highest BCUT2D eigenvalue weighted by Crippen LogP contribution is 2.24. The third-order valence-corrected chi connectivity index (χ3v) is 6.89. The smallest absolute Gasteiger partial charge is 0.243 e. The minimum Gasteiger partial charge on any atom is -0.496 e. The van der Waals surface area contributed by atoms with Crippen LogP contribution < -0.4 is 4.74 Å². The third kappa shape index (κ3) is 4.48. The van der Waals surface area contributed by atoms with Gasteiger partial charge in [0.2, 0.25) is 10.0 Å². The van der Waals surface area contributed by atoms with Gasteiger partial charge in [0, 0.05) is 32.7 Å². The van der Waals surface area contributed by atoms with Gasteiger partial charge in [0.1, 0.15) is 11.6 Å². The van der Waals surface area contributed by atoms with Gasteiger partial charge in [0.25, 0.3) is 0 Å².